The smallest absolute Gasteiger partial charge is 0.242 e. The van der Waals surface area contributed by atoms with Crippen molar-refractivity contribution in [2.45, 2.75) is 58.7 Å². The lowest BCUT2D eigenvalue weighted by molar-refractivity contribution is -0.140. The van der Waals surface area contributed by atoms with E-state index in [0.29, 0.717) is 22.0 Å². The second-order valence-electron chi connectivity index (χ2n) is 8.80. The Morgan fingerprint density at radius 1 is 1.03 bits per heavy atom. The molecule has 0 aliphatic heterocycles. The van der Waals surface area contributed by atoms with E-state index in [2.05, 4.69) is 5.32 Å². The van der Waals surface area contributed by atoms with Gasteiger partial charge in [0.2, 0.25) is 21.8 Å². The number of halogens is 4. The summed E-state index contributed by atoms with van der Waals surface area (Å²) in [5, 5.41) is 3.52. The number of carbonyl (C=O) groups excluding carboxylic acids is 2. The maximum atomic E-state index is 13.7. The highest BCUT2D eigenvalue weighted by Crippen LogP contribution is 2.25. The third-order valence-corrected chi connectivity index (χ3v) is 7.78. The first-order valence-corrected chi connectivity index (χ1v) is 14.3. The van der Waals surface area contributed by atoms with Crippen molar-refractivity contribution in [3.05, 3.63) is 63.6 Å². The third kappa shape index (κ3) is 8.83. The van der Waals surface area contributed by atoms with Crippen molar-refractivity contribution in [1.82, 2.24) is 10.2 Å². The van der Waals surface area contributed by atoms with Crippen LogP contribution in [0.1, 0.15) is 45.6 Å². The Bertz CT molecular complexity index is 1230. The molecule has 0 aliphatic rings. The van der Waals surface area contributed by atoms with Crippen LogP contribution in [0, 0.1) is 11.6 Å². The van der Waals surface area contributed by atoms with Gasteiger partial charge in [-0.25, -0.2) is 17.2 Å². The molecule has 0 radical (unpaired) electrons. The number of hydrogen-bond acceptors (Lipinski definition) is 4. The maximum absolute atomic E-state index is 13.7. The predicted molar refractivity (Wildman–Crippen MR) is 142 cm³/mol. The second-order valence-corrected chi connectivity index (χ2v) is 11.5. The minimum atomic E-state index is -3.84. The van der Waals surface area contributed by atoms with E-state index in [0.717, 1.165) is 28.8 Å². The lowest BCUT2D eigenvalue weighted by Gasteiger charge is -2.30. The molecule has 37 heavy (non-hydrogen) atoms. The van der Waals surface area contributed by atoms with Crippen LogP contribution in [0.3, 0.4) is 0 Å². The van der Waals surface area contributed by atoms with E-state index >= 15 is 0 Å². The number of nitrogens with one attached hydrogen (secondary N) is 1. The number of rotatable bonds is 12. The molecule has 0 spiro atoms. The van der Waals surface area contributed by atoms with Gasteiger partial charge in [0, 0.05) is 31.6 Å². The van der Waals surface area contributed by atoms with E-state index in [1.807, 2.05) is 13.8 Å². The first kappa shape index (κ1) is 30.8. The van der Waals surface area contributed by atoms with E-state index < -0.39 is 33.6 Å². The zero-order valence-electron chi connectivity index (χ0n) is 21.1. The van der Waals surface area contributed by atoms with Crippen LogP contribution in [0.2, 0.25) is 10.0 Å². The molecule has 7 nitrogen and oxygen atoms in total. The SMILES string of the molecule is CC[C@H](C)NC(=O)[C@H](C)N(Cc1ccc(Cl)c(Cl)c1)C(=O)CCCN(c1ccc(F)c(F)c1)S(C)(=O)=O. The molecule has 1 N–H and O–H groups in total. The Morgan fingerprint density at radius 2 is 1.70 bits per heavy atom. The molecule has 2 amide bonds. The fourth-order valence-corrected chi connectivity index (χ4v) is 4.80. The molecule has 0 saturated heterocycles. The number of sulfonamides is 1. The van der Waals surface area contributed by atoms with E-state index in [-0.39, 0.29) is 43.6 Å². The fraction of sp³-hybridized carbons (Fsp3) is 0.440. The van der Waals surface area contributed by atoms with Gasteiger partial charge in [-0.2, -0.15) is 0 Å². The molecular formula is C25H31Cl2F2N3O4S. The van der Waals surface area contributed by atoms with Gasteiger partial charge in [0.15, 0.2) is 11.6 Å². The van der Waals surface area contributed by atoms with E-state index in [4.69, 9.17) is 23.2 Å². The molecule has 0 aromatic heterocycles. The quantitative estimate of drug-likeness (QED) is 0.378. The maximum Gasteiger partial charge on any atom is 0.242 e. The van der Waals surface area contributed by atoms with Crippen LogP contribution in [-0.2, 0) is 26.2 Å². The molecule has 0 aliphatic carbocycles. The standard InChI is InChI=1S/C25H31Cl2F2N3O4S/c1-5-16(2)30-25(34)17(3)31(15-18-8-10-20(26)21(27)13-18)24(33)7-6-12-32(37(4,35)36)19-9-11-22(28)23(29)14-19/h8-11,13-14,16-17H,5-7,12,15H2,1-4H3,(H,30,34)/t16-,17-/m0/s1. The number of amides is 2. The number of anilines is 1. The monoisotopic (exact) mass is 577 g/mol. The Labute approximate surface area is 226 Å². The van der Waals surface area contributed by atoms with Gasteiger partial charge >= 0.3 is 0 Å². The van der Waals surface area contributed by atoms with E-state index in [9.17, 15) is 26.8 Å². The highest BCUT2D eigenvalue weighted by atomic mass is 35.5. The Hall–Kier alpha value is -2.43. The van der Waals surface area contributed by atoms with Crippen LogP contribution < -0.4 is 9.62 Å². The summed E-state index contributed by atoms with van der Waals surface area (Å²) in [6.07, 6.45) is 1.62. The van der Waals surface area contributed by atoms with Crippen molar-refractivity contribution in [3.8, 4) is 0 Å². The zero-order chi connectivity index (χ0) is 27.9. The minimum Gasteiger partial charge on any atom is -0.352 e. The topological polar surface area (TPSA) is 86.8 Å². The summed E-state index contributed by atoms with van der Waals surface area (Å²) in [4.78, 5) is 27.5. The first-order chi connectivity index (χ1) is 17.2. The number of hydrogen-bond donors (Lipinski definition) is 1. The molecule has 2 aromatic carbocycles. The predicted octanol–water partition coefficient (Wildman–Crippen LogP) is 5.15. The van der Waals surface area contributed by atoms with E-state index in [1.54, 1.807) is 25.1 Å². The fourth-order valence-electron chi connectivity index (χ4n) is 3.53. The summed E-state index contributed by atoms with van der Waals surface area (Å²) >= 11 is 12.1. The molecule has 2 atom stereocenters. The highest BCUT2D eigenvalue weighted by molar-refractivity contribution is 7.92. The molecule has 0 fully saturated rings. The van der Waals surface area contributed by atoms with Crippen LogP contribution in [0.15, 0.2) is 36.4 Å². The van der Waals surface area contributed by atoms with Crippen molar-refractivity contribution in [1.29, 1.82) is 0 Å². The summed E-state index contributed by atoms with van der Waals surface area (Å²) in [5.74, 6) is -3.01. The van der Waals surface area contributed by atoms with Crippen molar-refractivity contribution in [3.63, 3.8) is 0 Å². The van der Waals surface area contributed by atoms with Crippen molar-refractivity contribution >= 4 is 50.7 Å². The van der Waals surface area contributed by atoms with Gasteiger partial charge in [0.05, 0.1) is 22.0 Å². The average molecular weight is 579 g/mol. The molecule has 0 saturated carbocycles. The summed E-state index contributed by atoms with van der Waals surface area (Å²) in [6.45, 7) is 5.31. The van der Waals surface area contributed by atoms with Gasteiger partial charge in [-0.15, -0.1) is 0 Å². The highest BCUT2D eigenvalue weighted by Gasteiger charge is 2.27. The summed E-state index contributed by atoms with van der Waals surface area (Å²) < 4.78 is 52.6. The normalized spacial score (nSPS) is 13.1. The third-order valence-electron chi connectivity index (χ3n) is 5.85. The molecule has 2 aromatic rings. The molecule has 0 unspecified atom stereocenters. The van der Waals surface area contributed by atoms with Gasteiger partial charge in [-0.3, -0.25) is 13.9 Å². The summed E-state index contributed by atoms with van der Waals surface area (Å²) in [5.41, 5.74) is 0.605. The number of nitrogens with zero attached hydrogens (tertiary/aromatic N) is 2. The van der Waals surface area contributed by atoms with Gasteiger partial charge in [0.25, 0.3) is 0 Å². The molecule has 12 heteroatoms. The largest absolute Gasteiger partial charge is 0.352 e. The van der Waals surface area contributed by atoms with Gasteiger partial charge in [-0.05, 0) is 56.5 Å². The summed E-state index contributed by atoms with van der Waals surface area (Å²) in [7, 11) is -3.84. The average Bonchev–Trinajstić information content (AvgIpc) is 2.82. The molecule has 204 valence electrons. The Morgan fingerprint density at radius 3 is 2.27 bits per heavy atom. The van der Waals surface area contributed by atoms with Crippen LogP contribution in [0.5, 0.6) is 0 Å². The lowest BCUT2D eigenvalue weighted by Crippen LogP contribution is -2.49. The van der Waals surface area contributed by atoms with E-state index in [1.165, 1.54) is 4.90 Å². The van der Waals surface area contributed by atoms with Gasteiger partial charge < -0.3 is 10.2 Å². The molecule has 0 bridgehead atoms. The zero-order valence-corrected chi connectivity index (χ0v) is 23.4. The number of carbonyl (C=O) groups is 2. The molecular weight excluding hydrogens is 547 g/mol. The molecule has 2 rings (SSSR count). The van der Waals surface area contributed by atoms with Gasteiger partial charge in [0.1, 0.15) is 6.04 Å². The van der Waals surface area contributed by atoms with Crippen LogP contribution in [-0.4, -0.2) is 50.0 Å². The lowest BCUT2D eigenvalue weighted by atomic mass is 10.1. The van der Waals surface area contributed by atoms with Crippen LogP contribution in [0.25, 0.3) is 0 Å². The Kier molecular flexibility index (Phi) is 11.1. The van der Waals surface area contributed by atoms with Crippen molar-refractivity contribution < 1.29 is 26.8 Å². The second kappa shape index (κ2) is 13.4. The van der Waals surface area contributed by atoms with Crippen molar-refractivity contribution in [2.75, 3.05) is 17.1 Å². The first-order valence-electron chi connectivity index (χ1n) is 11.7. The summed E-state index contributed by atoms with van der Waals surface area (Å²) in [6, 6.07) is 6.77. The van der Waals surface area contributed by atoms with Gasteiger partial charge in [-0.1, -0.05) is 36.2 Å². The van der Waals surface area contributed by atoms with Crippen LogP contribution >= 0.6 is 23.2 Å². The minimum absolute atomic E-state index is 0.0530. The Balaban J connectivity index is 2.22. The number of benzene rings is 2. The molecule has 0 heterocycles. The van der Waals surface area contributed by atoms with Crippen molar-refractivity contribution in [2.24, 2.45) is 0 Å². The van der Waals surface area contributed by atoms with Crippen LogP contribution in [0.4, 0.5) is 14.5 Å².